The van der Waals surface area contributed by atoms with Gasteiger partial charge in [-0.2, -0.15) is 5.10 Å². The van der Waals surface area contributed by atoms with Gasteiger partial charge in [-0.05, 0) is 50.7 Å². The lowest BCUT2D eigenvalue weighted by molar-refractivity contribution is -0.150. The Hall–Kier alpha value is -2.45. The first-order valence-electron chi connectivity index (χ1n) is 9.90. The van der Waals surface area contributed by atoms with Crippen LogP contribution in [-0.2, 0) is 22.7 Å². The van der Waals surface area contributed by atoms with Crippen LogP contribution in [0.3, 0.4) is 0 Å². The van der Waals surface area contributed by atoms with E-state index in [2.05, 4.69) is 11.5 Å². The molecule has 0 bridgehead atoms. The van der Waals surface area contributed by atoms with Crippen LogP contribution in [-0.4, -0.2) is 52.0 Å². The highest BCUT2D eigenvalue weighted by atomic mass is 32.1. The zero-order valence-electron chi connectivity index (χ0n) is 17.0. The molecule has 8 heteroatoms. The normalized spacial score (nSPS) is 17.1. The molecule has 3 rings (SSSR count). The van der Waals surface area contributed by atoms with E-state index in [4.69, 9.17) is 26.8 Å². The van der Waals surface area contributed by atoms with Crippen molar-refractivity contribution in [1.29, 1.82) is 0 Å². The largest absolute Gasteiger partial charge is 0.496 e. The van der Waals surface area contributed by atoms with Crippen LogP contribution in [0, 0.1) is 10.7 Å². The van der Waals surface area contributed by atoms with E-state index < -0.39 is 0 Å². The Morgan fingerprint density at radius 1 is 1.41 bits per heavy atom. The summed E-state index contributed by atoms with van der Waals surface area (Å²) in [6.07, 6.45) is 3.61. The van der Waals surface area contributed by atoms with E-state index >= 15 is 0 Å². The molecule has 29 heavy (non-hydrogen) atoms. The lowest BCUT2D eigenvalue weighted by Gasteiger charge is -2.31. The SMILES string of the molecule is C=CCn1c(-c2ccccc2OC)nn(CN2CCC[C@H](C(=O)OCC)C2)c1=S. The Morgan fingerprint density at radius 2 is 2.21 bits per heavy atom. The third kappa shape index (κ3) is 4.76. The number of carbonyl (C=O) groups is 1. The van der Waals surface area contributed by atoms with E-state index in [1.54, 1.807) is 13.2 Å². The van der Waals surface area contributed by atoms with E-state index in [1.165, 1.54) is 0 Å². The number of rotatable bonds is 8. The van der Waals surface area contributed by atoms with Gasteiger partial charge < -0.3 is 9.47 Å². The lowest BCUT2D eigenvalue weighted by atomic mass is 9.99. The first-order valence-corrected chi connectivity index (χ1v) is 10.3. The van der Waals surface area contributed by atoms with Crippen molar-refractivity contribution in [3.63, 3.8) is 0 Å². The number of hydrogen-bond donors (Lipinski definition) is 0. The number of methoxy groups -OCH3 is 1. The van der Waals surface area contributed by atoms with Gasteiger partial charge >= 0.3 is 5.97 Å². The average molecular weight is 417 g/mol. The molecule has 1 atom stereocenters. The molecule has 0 amide bonds. The minimum atomic E-state index is -0.118. The van der Waals surface area contributed by atoms with Crippen molar-refractivity contribution in [3.8, 4) is 17.1 Å². The number of piperidine rings is 1. The van der Waals surface area contributed by atoms with Gasteiger partial charge in [-0.25, -0.2) is 4.68 Å². The molecular weight excluding hydrogens is 388 g/mol. The van der Waals surface area contributed by atoms with Crippen LogP contribution in [0.5, 0.6) is 5.75 Å². The Kier molecular flexibility index (Phi) is 7.22. The molecular formula is C21H28N4O3S. The van der Waals surface area contributed by atoms with E-state index in [-0.39, 0.29) is 11.9 Å². The molecule has 0 radical (unpaired) electrons. The average Bonchev–Trinajstić information content (AvgIpc) is 3.04. The predicted octanol–water partition coefficient (Wildman–Crippen LogP) is 3.51. The molecule has 0 N–H and O–H groups in total. The number of likely N-dealkylation sites (tertiary alicyclic amines) is 1. The fraction of sp³-hybridized carbons (Fsp3) is 0.476. The number of ether oxygens (including phenoxy) is 2. The van der Waals surface area contributed by atoms with Crippen LogP contribution in [0.1, 0.15) is 19.8 Å². The molecule has 1 aromatic carbocycles. The van der Waals surface area contributed by atoms with Crippen molar-refractivity contribution in [3.05, 3.63) is 41.7 Å². The number of aromatic nitrogens is 3. The number of para-hydroxylation sites is 1. The van der Waals surface area contributed by atoms with Gasteiger partial charge in [0.05, 0.1) is 31.9 Å². The molecule has 0 aliphatic carbocycles. The highest BCUT2D eigenvalue weighted by Crippen LogP contribution is 2.29. The van der Waals surface area contributed by atoms with Gasteiger partial charge in [-0.3, -0.25) is 14.3 Å². The van der Waals surface area contributed by atoms with E-state index in [0.29, 0.717) is 31.1 Å². The van der Waals surface area contributed by atoms with E-state index in [9.17, 15) is 4.79 Å². The van der Waals surface area contributed by atoms with Gasteiger partial charge in [0.15, 0.2) is 10.6 Å². The minimum absolute atomic E-state index is 0.0955. The van der Waals surface area contributed by atoms with Crippen molar-refractivity contribution >= 4 is 18.2 Å². The summed E-state index contributed by atoms with van der Waals surface area (Å²) < 4.78 is 15.1. The molecule has 1 fully saturated rings. The zero-order chi connectivity index (χ0) is 20.8. The van der Waals surface area contributed by atoms with Crippen LogP contribution in [0.4, 0.5) is 0 Å². The second kappa shape index (κ2) is 9.84. The van der Waals surface area contributed by atoms with Crippen molar-refractivity contribution < 1.29 is 14.3 Å². The number of allylic oxidation sites excluding steroid dienone is 1. The topological polar surface area (TPSA) is 61.5 Å². The highest BCUT2D eigenvalue weighted by molar-refractivity contribution is 7.71. The third-order valence-corrected chi connectivity index (χ3v) is 5.47. The molecule has 2 aromatic rings. The number of carbonyl (C=O) groups excluding carboxylic acids is 1. The monoisotopic (exact) mass is 416 g/mol. The first kappa shape index (κ1) is 21.3. The zero-order valence-corrected chi connectivity index (χ0v) is 17.9. The van der Waals surface area contributed by atoms with Crippen LogP contribution in [0.15, 0.2) is 36.9 Å². The molecule has 1 aromatic heterocycles. The maximum Gasteiger partial charge on any atom is 0.310 e. The van der Waals surface area contributed by atoms with Crippen molar-refractivity contribution in [2.45, 2.75) is 33.0 Å². The second-order valence-electron chi connectivity index (χ2n) is 7.01. The minimum Gasteiger partial charge on any atom is -0.496 e. The Bertz CT molecular complexity index is 921. The summed E-state index contributed by atoms with van der Waals surface area (Å²) in [6, 6.07) is 7.75. The summed E-state index contributed by atoms with van der Waals surface area (Å²) in [5.41, 5.74) is 0.879. The van der Waals surface area contributed by atoms with Crippen molar-refractivity contribution in [2.24, 2.45) is 5.92 Å². The summed E-state index contributed by atoms with van der Waals surface area (Å²) >= 11 is 5.71. The molecule has 0 unspecified atom stereocenters. The summed E-state index contributed by atoms with van der Waals surface area (Å²) in [5.74, 6) is 1.27. The number of hydrogen-bond acceptors (Lipinski definition) is 6. The predicted molar refractivity (Wildman–Crippen MR) is 114 cm³/mol. The van der Waals surface area contributed by atoms with Gasteiger partial charge in [0, 0.05) is 13.1 Å². The van der Waals surface area contributed by atoms with Crippen molar-refractivity contribution in [1.82, 2.24) is 19.2 Å². The second-order valence-corrected chi connectivity index (χ2v) is 7.38. The van der Waals surface area contributed by atoms with Gasteiger partial charge in [0.1, 0.15) is 5.75 Å². The van der Waals surface area contributed by atoms with Crippen LogP contribution >= 0.6 is 12.2 Å². The fourth-order valence-electron chi connectivity index (χ4n) is 3.68. The Balaban J connectivity index is 1.88. The summed E-state index contributed by atoms with van der Waals surface area (Å²) in [4.78, 5) is 14.3. The van der Waals surface area contributed by atoms with Crippen LogP contribution < -0.4 is 4.74 Å². The van der Waals surface area contributed by atoms with E-state index in [0.717, 1.165) is 36.5 Å². The molecule has 156 valence electrons. The van der Waals surface area contributed by atoms with Crippen molar-refractivity contribution in [2.75, 3.05) is 26.8 Å². The molecule has 1 aliphatic rings. The number of benzene rings is 1. The quantitative estimate of drug-likeness (QED) is 0.373. The third-order valence-electron chi connectivity index (χ3n) is 5.04. The van der Waals surface area contributed by atoms with E-state index in [1.807, 2.05) is 40.4 Å². The molecule has 2 heterocycles. The molecule has 0 saturated carbocycles. The van der Waals surface area contributed by atoms with Gasteiger partial charge in [0.2, 0.25) is 0 Å². The molecule has 1 saturated heterocycles. The fourth-order valence-corrected chi connectivity index (χ4v) is 3.94. The smallest absolute Gasteiger partial charge is 0.310 e. The first-order chi connectivity index (χ1) is 14.1. The maximum atomic E-state index is 12.1. The highest BCUT2D eigenvalue weighted by Gasteiger charge is 2.27. The molecule has 7 nitrogen and oxygen atoms in total. The van der Waals surface area contributed by atoms with Gasteiger partial charge in [-0.15, -0.1) is 6.58 Å². The van der Waals surface area contributed by atoms with Crippen LogP contribution in [0.2, 0.25) is 0 Å². The lowest BCUT2D eigenvalue weighted by Crippen LogP contribution is -2.40. The standard InChI is InChI=1S/C21H28N4O3S/c1-4-12-24-19(17-10-6-7-11-18(17)27-3)22-25(21(24)29)15-23-13-8-9-16(14-23)20(26)28-5-2/h4,6-7,10-11,16H,1,5,8-9,12-15H2,2-3H3/t16-/m0/s1. The van der Waals surface area contributed by atoms with Crippen LogP contribution in [0.25, 0.3) is 11.4 Å². The summed E-state index contributed by atoms with van der Waals surface area (Å²) in [7, 11) is 1.64. The van der Waals surface area contributed by atoms with Gasteiger partial charge in [0.25, 0.3) is 0 Å². The summed E-state index contributed by atoms with van der Waals surface area (Å²) in [5, 5.41) is 4.80. The summed E-state index contributed by atoms with van der Waals surface area (Å²) in [6.45, 7) is 8.73. The number of nitrogens with zero attached hydrogens (tertiary/aromatic N) is 4. The maximum absolute atomic E-state index is 12.1. The Morgan fingerprint density at radius 3 is 2.93 bits per heavy atom. The molecule has 1 aliphatic heterocycles. The number of esters is 1. The molecule has 0 spiro atoms. The van der Waals surface area contributed by atoms with Gasteiger partial charge in [-0.1, -0.05) is 18.2 Å². The Labute approximate surface area is 176 Å².